The molecule has 0 saturated carbocycles. The molecular formula is C11H10ClNO2S. The van der Waals surface area contributed by atoms with Crippen molar-refractivity contribution in [1.82, 2.24) is 0 Å². The van der Waals surface area contributed by atoms with E-state index >= 15 is 0 Å². The second-order valence-electron chi connectivity index (χ2n) is 2.97. The number of halogens is 1. The number of hydrogen-bond donors (Lipinski definition) is 2. The molecule has 0 aliphatic carbocycles. The number of carbonyl (C=O) groups is 1. The Labute approximate surface area is 103 Å². The third kappa shape index (κ3) is 3.69. The van der Waals surface area contributed by atoms with Crippen LogP contribution in [0, 0.1) is 11.8 Å². The van der Waals surface area contributed by atoms with Crippen molar-refractivity contribution in [2.45, 2.75) is 6.92 Å². The first-order chi connectivity index (χ1) is 7.50. The molecule has 0 heterocycles. The van der Waals surface area contributed by atoms with E-state index in [2.05, 4.69) is 11.8 Å². The number of benzene rings is 1. The topological polar surface area (TPSA) is 63.3 Å². The molecule has 0 aliphatic heterocycles. The predicted molar refractivity (Wildman–Crippen MR) is 67.5 cm³/mol. The van der Waals surface area contributed by atoms with Gasteiger partial charge in [0.05, 0.1) is 17.0 Å². The minimum absolute atomic E-state index is 0.00382. The summed E-state index contributed by atoms with van der Waals surface area (Å²) < 4.78 is 0. The highest BCUT2D eigenvalue weighted by molar-refractivity contribution is 8.13. The first kappa shape index (κ1) is 12.8. The summed E-state index contributed by atoms with van der Waals surface area (Å²) >= 11 is 6.87. The number of phenolic OH excluding ortho intramolecular Hbond substituents is 1. The molecule has 16 heavy (non-hydrogen) atoms. The zero-order valence-corrected chi connectivity index (χ0v) is 10.2. The van der Waals surface area contributed by atoms with Crippen LogP contribution in [0.3, 0.4) is 0 Å². The van der Waals surface area contributed by atoms with E-state index in [0.29, 0.717) is 16.3 Å². The quantitative estimate of drug-likeness (QED) is 0.459. The molecule has 3 nitrogen and oxygen atoms in total. The van der Waals surface area contributed by atoms with Crippen LogP contribution >= 0.6 is 23.4 Å². The highest BCUT2D eigenvalue weighted by Gasteiger charge is 2.04. The smallest absolute Gasteiger partial charge is 0.186 e. The number of aromatic hydroxyl groups is 1. The summed E-state index contributed by atoms with van der Waals surface area (Å²) in [6.45, 7) is 1.47. The highest BCUT2D eigenvalue weighted by atomic mass is 35.5. The molecule has 0 radical (unpaired) electrons. The van der Waals surface area contributed by atoms with Crippen molar-refractivity contribution in [2.75, 3.05) is 11.5 Å². The molecule has 1 aromatic rings. The van der Waals surface area contributed by atoms with Gasteiger partial charge in [0.2, 0.25) is 0 Å². The molecule has 3 N–H and O–H groups in total. The van der Waals surface area contributed by atoms with Crippen molar-refractivity contribution >= 4 is 34.2 Å². The van der Waals surface area contributed by atoms with E-state index in [4.69, 9.17) is 17.3 Å². The maximum absolute atomic E-state index is 10.6. The van der Waals surface area contributed by atoms with Gasteiger partial charge in [-0.05, 0) is 12.1 Å². The summed E-state index contributed by atoms with van der Waals surface area (Å²) in [4.78, 5) is 10.6. The fraction of sp³-hybridized carbons (Fsp3) is 0.182. The fourth-order valence-corrected chi connectivity index (χ4v) is 1.56. The van der Waals surface area contributed by atoms with E-state index in [1.807, 2.05) is 0 Å². The SMILES string of the molecule is CC(=O)SCC#Cc1cc(Cl)cc(N)c1O. The minimum atomic E-state index is -0.0790. The summed E-state index contributed by atoms with van der Waals surface area (Å²) in [7, 11) is 0. The van der Waals surface area contributed by atoms with Crippen molar-refractivity contribution in [1.29, 1.82) is 0 Å². The van der Waals surface area contributed by atoms with Gasteiger partial charge in [0.1, 0.15) is 0 Å². The molecule has 1 aromatic carbocycles. The van der Waals surface area contributed by atoms with Gasteiger partial charge in [-0.25, -0.2) is 0 Å². The minimum Gasteiger partial charge on any atom is -0.505 e. The lowest BCUT2D eigenvalue weighted by Crippen LogP contribution is -1.89. The summed E-state index contributed by atoms with van der Waals surface area (Å²) in [5.41, 5.74) is 6.07. The molecule has 1 rings (SSSR count). The Morgan fingerprint density at radius 3 is 2.94 bits per heavy atom. The first-order valence-corrected chi connectivity index (χ1v) is 5.77. The molecule has 0 saturated heterocycles. The second kappa shape index (κ2) is 5.69. The van der Waals surface area contributed by atoms with Crippen molar-refractivity contribution in [3.05, 3.63) is 22.7 Å². The van der Waals surface area contributed by atoms with Gasteiger partial charge in [0, 0.05) is 11.9 Å². The maximum atomic E-state index is 10.6. The van der Waals surface area contributed by atoms with E-state index in [-0.39, 0.29) is 16.6 Å². The largest absolute Gasteiger partial charge is 0.505 e. The van der Waals surface area contributed by atoms with E-state index in [0.717, 1.165) is 11.8 Å². The molecule has 0 aromatic heterocycles. The number of nitrogens with two attached hydrogens (primary N) is 1. The van der Waals surface area contributed by atoms with Crippen LogP contribution in [-0.2, 0) is 4.79 Å². The van der Waals surface area contributed by atoms with E-state index in [9.17, 15) is 9.90 Å². The van der Waals surface area contributed by atoms with Crippen LogP contribution in [0.4, 0.5) is 5.69 Å². The van der Waals surface area contributed by atoms with E-state index < -0.39 is 0 Å². The van der Waals surface area contributed by atoms with E-state index in [1.54, 1.807) is 0 Å². The Kier molecular flexibility index (Phi) is 4.53. The fourth-order valence-electron chi connectivity index (χ4n) is 0.985. The van der Waals surface area contributed by atoms with Crippen LogP contribution in [0.15, 0.2) is 12.1 Å². The third-order valence-electron chi connectivity index (χ3n) is 1.67. The Morgan fingerprint density at radius 2 is 2.31 bits per heavy atom. The Bertz CT molecular complexity index is 477. The van der Waals surface area contributed by atoms with Crippen molar-refractivity contribution in [3.8, 4) is 17.6 Å². The second-order valence-corrected chi connectivity index (χ2v) is 4.56. The molecule has 0 fully saturated rings. The lowest BCUT2D eigenvalue weighted by molar-refractivity contribution is -0.109. The van der Waals surface area contributed by atoms with Gasteiger partial charge in [-0.1, -0.05) is 35.2 Å². The van der Waals surface area contributed by atoms with Gasteiger partial charge < -0.3 is 10.8 Å². The van der Waals surface area contributed by atoms with Crippen LogP contribution < -0.4 is 5.73 Å². The Balaban J connectivity index is 2.84. The third-order valence-corrected chi connectivity index (χ3v) is 2.59. The van der Waals surface area contributed by atoms with Crippen LogP contribution in [0.25, 0.3) is 0 Å². The molecule has 0 bridgehead atoms. The normalized spacial score (nSPS) is 9.38. The number of thioether (sulfide) groups is 1. The monoisotopic (exact) mass is 255 g/mol. The van der Waals surface area contributed by atoms with E-state index in [1.165, 1.54) is 19.1 Å². The zero-order chi connectivity index (χ0) is 12.1. The molecule has 0 unspecified atom stereocenters. The number of anilines is 1. The molecule has 0 spiro atoms. The average molecular weight is 256 g/mol. The lowest BCUT2D eigenvalue weighted by atomic mass is 10.2. The number of nitrogen functional groups attached to an aromatic ring is 1. The number of hydrogen-bond acceptors (Lipinski definition) is 4. The summed E-state index contributed by atoms with van der Waals surface area (Å²) in [5.74, 6) is 5.76. The number of phenols is 1. The van der Waals surface area contributed by atoms with Gasteiger partial charge in [0.15, 0.2) is 10.9 Å². The molecule has 0 amide bonds. The Morgan fingerprint density at radius 1 is 1.62 bits per heavy atom. The Hall–Kier alpha value is -1.31. The van der Waals surface area contributed by atoms with Crippen molar-refractivity contribution in [2.24, 2.45) is 0 Å². The molecule has 84 valence electrons. The summed E-state index contributed by atoms with van der Waals surface area (Å²) in [6, 6.07) is 2.98. The van der Waals surface area contributed by atoms with Crippen LogP contribution in [-0.4, -0.2) is 16.0 Å². The number of carbonyl (C=O) groups excluding carboxylic acids is 1. The summed E-state index contributed by atoms with van der Waals surface area (Å²) in [6.07, 6.45) is 0. The first-order valence-electron chi connectivity index (χ1n) is 4.41. The molecule has 0 atom stereocenters. The lowest BCUT2D eigenvalue weighted by Gasteiger charge is -2.01. The molecular weight excluding hydrogens is 246 g/mol. The highest BCUT2D eigenvalue weighted by Crippen LogP contribution is 2.28. The van der Waals surface area contributed by atoms with Crippen LogP contribution in [0.2, 0.25) is 5.02 Å². The van der Waals surface area contributed by atoms with Gasteiger partial charge in [0.25, 0.3) is 0 Å². The number of rotatable bonds is 1. The van der Waals surface area contributed by atoms with Gasteiger partial charge in [-0.15, -0.1) is 0 Å². The van der Waals surface area contributed by atoms with Crippen LogP contribution in [0.1, 0.15) is 12.5 Å². The molecule has 5 heteroatoms. The van der Waals surface area contributed by atoms with Crippen molar-refractivity contribution < 1.29 is 9.90 Å². The molecule has 0 aliphatic rings. The predicted octanol–water partition coefficient (Wildman–Crippen LogP) is 2.26. The summed E-state index contributed by atoms with van der Waals surface area (Å²) in [5, 5.41) is 9.99. The van der Waals surface area contributed by atoms with Gasteiger partial charge >= 0.3 is 0 Å². The van der Waals surface area contributed by atoms with Gasteiger partial charge in [-0.3, -0.25) is 4.79 Å². The maximum Gasteiger partial charge on any atom is 0.186 e. The van der Waals surface area contributed by atoms with Crippen molar-refractivity contribution in [3.63, 3.8) is 0 Å². The zero-order valence-electron chi connectivity index (χ0n) is 8.58. The average Bonchev–Trinajstić information content (AvgIpc) is 2.19. The van der Waals surface area contributed by atoms with Crippen LogP contribution in [0.5, 0.6) is 5.75 Å². The standard InChI is InChI=1S/C11H10ClNO2S/c1-7(14)16-4-2-3-8-5-9(12)6-10(13)11(8)15/h5-6,15H,4,13H2,1H3. The van der Waals surface area contributed by atoms with Gasteiger partial charge in [-0.2, -0.15) is 0 Å².